The van der Waals surface area contributed by atoms with Crippen LogP contribution in [0.15, 0.2) is 30.3 Å². The van der Waals surface area contributed by atoms with Crippen LogP contribution in [0.3, 0.4) is 0 Å². The fourth-order valence-electron chi connectivity index (χ4n) is 5.42. The van der Waals surface area contributed by atoms with Crippen molar-refractivity contribution < 1.29 is 9.59 Å². The molecule has 3 fully saturated rings. The largest absolute Gasteiger partial charge is 0.354 e. The minimum Gasteiger partial charge on any atom is -0.354 e. The van der Waals surface area contributed by atoms with Crippen LogP contribution in [0.5, 0.6) is 0 Å². The first kappa shape index (κ1) is 17.6. The fourth-order valence-corrected chi connectivity index (χ4v) is 5.42. The van der Waals surface area contributed by atoms with Crippen molar-refractivity contribution in [2.75, 3.05) is 13.1 Å². The van der Waals surface area contributed by atoms with E-state index < -0.39 is 0 Å². The second-order valence-corrected chi connectivity index (χ2v) is 8.39. The van der Waals surface area contributed by atoms with Gasteiger partial charge in [0.15, 0.2) is 0 Å². The Kier molecular flexibility index (Phi) is 5.28. The zero-order valence-corrected chi connectivity index (χ0v) is 15.5. The van der Waals surface area contributed by atoms with E-state index in [4.69, 9.17) is 0 Å². The average Bonchev–Trinajstić information content (AvgIpc) is 3.31. The Morgan fingerprint density at radius 3 is 2.62 bits per heavy atom. The summed E-state index contributed by atoms with van der Waals surface area (Å²) in [7, 11) is 0. The fraction of sp³-hybridized carbons (Fsp3) is 0.636. The molecule has 0 aromatic heterocycles. The number of piperidine rings is 1. The minimum atomic E-state index is -0.309. The molecule has 1 aliphatic heterocycles. The Labute approximate surface area is 156 Å². The zero-order valence-electron chi connectivity index (χ0n) is 15.5. The van der Waals surface area contributed by atoms with Crippen molar-refractivity contribution in [2.45, 2.75) is 57.4 Å². The first-order valence-corrected chi connectivity index (χ1v) is 10.4. The van der Waals surface area contributed by atoms with Crippen molar-refractivity contribution in [3.63, 3.8) is 0 Å². The number of hydrogen-bond acceptors (Lipinski definition) is 2. The van der Waals surface area contributed by atoms with Gasteiger partial charge < -0.3 is 10.2 Å². The average molecular weight is 354 g/mol. The Balaban J connectivity index is 1.32. The Morgan fingerprint density at radius 1 is 1.04 bits per heavy atom. The van der Waals surface area contributed by atoms with Gasteiger partial charge in [0.2, 0.25) is 5.91 Å². The summed E-state index contributed by atoms with van der Waals surface area (Å²) in [5.74, 6) is 2.69. The van der Waals surface area contributed by atoms with Gasteiger partial charge in [-0.05, 0) is 74.8 Å². The van der Waals surface area contributed by atoms with Crippen molar-refractivity contribution in [1.82, 2.24) is 10.2 Å². The van der Waals surface area contributed by atoms with Gasteiger partial charge in [-0.3, -0.25) is 9.59 Å². The van der Waals surface area contributed by atoms with E-state index in [-0.39, 0.29) is 17.9 Å². The van der Waals surface area contributed by atoms with Gasteiger partial charge in [-0.2, -0.15) is 0 Å². The van der Waals surface area contributed by atoms with E-state index in [2.05, 4.69) is 5.32 Å². The van der Waals surface area contributed by atoms with Gasteiger partial charge in [0.05, 0.1) is 0 Å². The van der Waals surface area contributed by atoms with E-state index in [0.29, 0.717) is 12.1 Å². The maximum atomic E-state index is 12.8. The van der Waals surface area contributed by atoms with E-state index in [1.807, 2.05) is 30.3 Å². The quantitative estimate of drug-likeness (QED) is 0.878. The summed E-state index contributed by atoms with van der Waals surface area (Å²) in [5.41, 5.74) is 0.675. The highest BCUT2D eigenvalue weighted by molar-refractivity contribution is 5.97. The first-order chi connectivity index (χ1) is 12.7. The van der Waals surface area contributed by atoms with Gasteiger partial charge in [0, 0.05) is 18.7 Å². The van der Waals surface area contributed by atoms with Crippen LogP contribution < -0.4 is 5.32 Å². The standard InChI is InChI=1S/C22H30N2O2/c25-21(23-12-11-19-15-16-9-10-18(19)14-16)20-8-4-5-13-24(20)22(26)17-6-2-1-3-7-17/h1-3,6-7,16,18-20H,4-5,8-15H2,(H,23,25)/t16-,18-,19+,20+/m0/s1. The molecule has 2 saturated carbocycles. The maximum absolute atomic E-state index is 12.8. The number of likely N-dealkylation sites (tertiary alicyclic amines) is 1. The predicted octanol–water partition coefficient (Wildman–Crippen LogP) is 3.62. The minimum absolute atomic E-state index is 0.0152. The molecule has 0 spiro atoms. The number of benzene rings is 1. The number of hydrogen-bond donors (Lipinski definition) is 1. The molecule has 4 atom stereocenters. The second kappa shape index (κ2) is 7.81. The SMILES string of the molecule is O=C(NCC[C@@H]1C[C@H]2CC[C@H]1C2)[C@H]1CCCCN1C(=O)c1ccccc1. The van der Waals surface area contributed by atoms with Gasteiger partial charge >= 0.3 is 0 Å². The van der Waals surface area contributed by atoms with Crippen molar-refractivity contribution in [1.29, 1.82) is 0 Å². The van der Waals surface area contributed by atoms with Crippen molar-refractivity contribution in [3.05, 3.63) is 35.9 Å². The third kappa shape index (κ3) is 3.65. The molecule has 4 rings (SSSR count). The van der Waals surface area contributed by atoms with Crippen molar-refractivity contribution in [3.8, 4) is 0 Å². The Bertz CT molecular complexity index is 645. The monoisotopic (exact) mass is 354 g/mol. The van der Waals surface area contributed by atoms with Crippen LogP contribution >= 0.6 is 0 Å². The number of carbonyl (C=O) groups excluding carboxylic acids is 2. The Morgan fingerprint density at radius 2 is 1.88 bits per heavy atom. The number of nitrogens with zero attached hydrogens (tertiary/aromatic N) is 1. The summed E-state index contributed by atoms with van der Waals surface area (Å²) in [6.07, 6.45) is 9.47. The van der Waals surface area contributed by atoms with Crippen LogP contribution in [0.25, 0.3) is 0 Å². The number of rotatable bonds is 5. The van der Waals surface area contributed by atoms with Crippen LogP contribution in [0, 0.1) is 17.8 Å². The van der Waals surface area contributed by atoms with Gasteiger partial charge in [-0.25, -0.2) is 0 Å². The summed E-state index contributed by atoms with van der Waals surface area (Å²) in [4.78, 5) is 27.4. The smallest absolute Gasteiger partial charge is 0.254 e. The molecule has 0 radical (unpaired) electrons. The number of fused-ring (bicyclic) bond motifs is 2. The predicted molar refractivity (Wildman–Crippen MR) is 102 cm³/mol. The Hall–Kier alpha value is -1.84. The van der Waals surface area contributed by atoms with Gasteiger partial charge in [0.1, 0.15) is 6.04 Å². The lowest BCUT2D eigenvalue weighted by molar-refractivity contribution is -0.126. The van der Waals surface area contributed by atoms with Gasteiger partial charge in [0.25, 0.3) is 5.91 Å². The highest BCUT2D eigenvalue weighted by atomic mass is 16.2. The molecule has 1 aromatic carbocycles. The molecule has 0 unspecified atom stereocenters. The molecule has 4 nitrogen and oxygen atoms in total. The molecule has 2 bridgehead atoms. The second-order valence-electron chi connectivity index (χ2n) is 8.39. The van der Waals surface area contributed by atoms with Crippen molar-refractivity contribution >= 4 is 11.8 Å². The summed E-state index contributed by atoms with van der Waals surface area (Å²) < 4.78 is 0. The highest BCUT2D eigenvalue weighted by Crippen LogP contribution is 2.49. The highest BCUT2D eigenvalue weighted by Gasteiger charge is 2.39. The van der Waals surface area contributed by atoms with E-state index >= 15 is 0 Å². The maximum Gasteiger partial charge on any atom is 0.254 e. The molecular formula is C22H30N2O2. The van der Waals surface area contributed by atoms with E-state index in [0.717, 1.165) is 50.0 Å². The van der Waals surface area contributed by atoms with Crippen LogP contribution in [-0.2, 0) is 4.79 Å². The summed E-state index contributed by atoms with van der Waals surface area (Å²) in [6, 6.07) is 9.02. The molecule has 1 heterocycles. The molecule has 26 heavy (non-hydrogen) atoms. The third-order valence-electron chi connectivity index (χ3n) is 6.79. The molecule has 2 amide bonds. The van der Waals surface area contributed by atoms with Gasteiger partial charge in [-0.1, -0.05) is 24.6 Å². The third-order valence-corrected chi connectivity index (χ3v) is 6.79. The lowest BCUT2D eigenvalue weighted by atomic mass is 9.86. The number of carbonyl (C=O) groups is 2. The lowest BCUT2D eigenvalue weighted by Crippen LogP contribution is -2.52. The summed E-state index contributed by atoms with van der Waals surface area (Å²) >= 11 is 0. The number of amides is 2. The summed E-state index contributed by atoms with van der Waals surface area (Å²) in [6.45, 7) is 1.44. The molecule has 140 valence electrons. The van der Waals surface area contributed by atoms with Crippen LogP contribution in [0.4, 0.5) is 0 Å². The molecular weight excluding hydrogens is 324 g/mol. The van der Waals surface area contributed by atoms with Crippen LogP contribution in [0.1, 0.15) is 61.7 Å². The molecule has 1 saturated heterocycles. The molecule has 1 N–H and O–H groups in total. The van der Waals surface area contributed by atoms with E-state index in [1.165, 1.54) is 25.7 Å². The first-order valence-electron chi connectivity index (χ1n) is 10.4. The van der Waals surface area contributed by atoms with Crippen molar-refractivity contribution in [2.24, 2.45) is 17.8 Å². The van der Waals surface area contributed by atoms with Crippen LogP contribution in [0.2, 0.25) is 0 Å². The van der Waals surface area contributed by atoms with E-state index in [9.17, 15) is 9.59 Å². The normalized spacial score (nSPS) is 30.4. The zero-order chi connectivity index (χ0) is 17.9. The number of nitrogens with one attached hydrogen (secondary N) is 1. The van der Waals surface area contributed by atoms with Gasteiger partial charge in [-0.15, -0.1) is 0 Å². The molecule has 2 aliphatic carbocycles. The van der Waals surface area contributed by atoms with Crippen LogP contribution in [-0.4, -0.2) is 35.8 Å². The molecule has 4 heteroatoms. The molecule has 3 aliphatic rings. The topological polar surface area (TPSA) is 49.4 Å². The van der Waals surface area contributed by atoms with E-state index in [1.54, 1.807) is 4.90 Å². The summed E-state index contributed by atoms with van der Waals surface area (Å²) in [5, 5.41) is 3.14. The lowest BCUT2D eigenvalue weighted by Gasteiger charge is -2.35. The molecule has 1 aromatic rings.